The molecule has 0 unspecified atom stereocenters. The minimum Gasteiger partial charge on any atom is -0.455 e. The highest BCUT2D eigenvalue weighted by molar-refractivity contribution is 6.99. The lowest BCUT2D eigenvalue weighted by molar-refractivity contribution is -0.169. The number of imidazole rings is 1. The topological polar surface area (TPSA) is 184 Å². The van der Waals surface area contributed by atoms with Crippen LogP contribution in [0.5, 0.6) is 0 Å². The highest BCUT2D eigenvalue weighted by Gasteiger charge is 2.55. The Balaban J connectivity index is 1.63. The summed E-state index contributed by atoms with van der Waals surface area (Å²) in [6.45, 7) is 8.98. The van der Waals surface area contributed by atoms with Crippen LogP contribution in [0.1, 0.15) is 66.5 Å². The Labute approximate surface area is 320 Å². The molecule has 16 heteroatoms. The van der Waals surface area contributed by atoms with Crippen LogP contribution in [0.2, 0.25) is 5.04 Å². The predicted molar refractivity (Wildman–Crippen MR) is 207 cm³/mol. The van der Waals surface area contributed by atoms with Crippen molar-refractivity contribution in [2.24, 2.45) is 4.99 Å². The van der Waals surface area contributed by atoms with Crippen LogP contribution in [0.4, 0.5) is 5.95 Å². The Morgan fingerprint density at radius 1 is 0.891 bits per heavy atom. The Kier molecular flexibility index (Phi) is 12.9. The van der Waals surface area contributed by atoms with Crippen molar-refractivity contribution in [3.63, 3.8) is 0 Å². The van der Waals surface area contributed by atoms with Gasteiger partial charge in [-0.3, -0.25) is 23.9 Å². The number of ether oxygens (including phenoxy) is 3. The molecule has 55 heavy (non-hydrogen) atoms. The van der Waals surface area contributed by atoms with E-state index in [1.165, 1.54) is 31.1 Å². The molecule has 4 atom stereocenters. The number of nitrogens with zero attached hydrogens (tertiary/aromatic N) is 5. The zero-order valence-electron chi connectivity index (χ0n) is 32.2. The first-order valence-electron chi connectivity index (χ1n) is 18.1. The van der Waals surface area contributed by atoms with Crippen LogP contribution >= 0.6 is 0 Å². The minimum absolute atomic E-state index is 0.0141. The van der Waals surface area contributed by atoms with Crippen LogP contribution in [0, 0.1) is 0 Å². The van der Waals surface area contributed by atoms with Crippen molar-refractivity contribution in [3.05, 3.63) is 77.3 Å². The standard InChI is InChI=1S/C39H48N6O9Si/c1-25(46)18-20-30(48)53-33-29(22-51-55(39(3,4)5,27-14-10-8-11-15-27)28-16-12-9-13-17-28)52-37(34(33)54-31(49)21-19-26(2)47)45-24-40-32-35(45)42-38(43-36(32)50)41-23-44(6)7/h8-17,23-24,29,33-34,37H,18-22H2,1-7H3,(H,42,43,50)/b41-23+/t29-,33-,34-,37-/m1/s1. The summed E-state index contributed by atoms with van der Waals surface area (Å²) < 4.78 is 27.4. The zero-order valence-corrected chi connectivity index (χ0v) is 33.2. The van der Waals surface area contributed by atoms with Gasteiger partial charge in [-0.15, -0.1) is 0 Å². The number of nitrogens with one attached hydrogen (secondary N) is 1. The summed E-state index contributed by atoms with van der Waals surface area (Å²) in [7, 11) is 0.349. The minimum atomic E-state index is -3.17. The Hall–Kier alpha value is -5.32. The van der Waals surface area contributed by atoms with Gasteiger partial charge in [0.25, 0.3) is 13.9 Å². The predicted octanol–water partition coefficient (Wildman–Crippen LogP) is 3.38. The van der Waals surface area contributed by atoms with Gasteiger partial charge < -0.3 is 33.1 Å². The molecule has 2 aromatic carbocycles. The Morgan fingerprint density at radius 3 is 1.95 bits per heavy atom. The van der Waals surface area contributed by atoms with Crippen molar-refractivity contribution in [3.8, 4) is 0 Å². The summed E-state index contributed by atoms with van der Waals surface area (Å²) in [4.78, 5) is 80.8. The van der Waals surface area contributed by atoms with E-state index in [1.54, 1.807) is 19.0 Å². The number of aromatic amines is 1. The first-order chi connectivity index (χ1) is 26.1. The van der Waals surface area contributed by atoms with Gasteiger partial charge in [0.15, 0.2) is 29.6 Å². The van der Waals surface area contributed by atoms with Crippen molar-refractivity contribution in [2.45, 2.75) is 89.9 Å². The number of esters is 2. The number of carbonyl (C=O) groups is 4. The van der Waals surface area contributed by atoms with Crippen LogP contribution in [0.3, 0.4) is 0 Å². The third kappa shape index (κ3) is 9.50. The lowest BCUT2D eigenvalue weighted by atomic mass is 10.1. The van der Waals surface area contributed by atoms with E-state index in [-0.39, 0.29) is 61.0 Å². The summed E-state index contributed by atoms with van der Waals surface area (Å²) in [6, 6.07) is 19.9. The molecule has 0 amide bonds. The molecule has 0 saturated carbocycles. The van der Waals surface area contributed by atoms with Crippen LogP contribution in [0.15, 0.2) is 76.8 Å². The fourth-order valence-corrected chi connectivity index (χ4v) is 11.2. The number of aromatic nitrogens is 4. The fraction of sp³-hybridized carbons (Fsp3) is 0.436. The second-order valence-corrected chi connectivity index (χ2v) is 19.1. The van der Waals surface area contributed by atoms with Crippen LogP contribution in [-0.2, 0) is 37.8 Å². The maximum absolute atomic E-state index is 13.4. The second kappa shape index (κ2) is 17.4. The van der Waals surface area contributed by atoms with Gasteiger partial charge in [0.2, 0.25) is 5.95 Å². The molecule has 0 radical (unpaired) electrons. The van der Waals surface area contributed by atoms with E-state index >= 15 is 0 Å². The molecule has 1 N–H and O–H groups in total. The van der Waals surface area contributed by atoms with Crippen molar-refractivity contribution in [1.29, 1.82) is 0 Å². The molecule has 1 fully saturated rings. The number of aliphatic imine (C=N–C) groups is 1. The number of ketones is 2. The maximum Gasteiger partial charge on any atom is 0.306 e. The fourth-order valence-electron chi connectivity index (χ4n) is 6.61. The van der Waals surface area contributed by atoms with E-state index in [2.05, 4.69) is 40.7 Å². The maximum atomic E-state index is 13.4. The number of rotatable bonds is 16. The van der Waals surface area contributed by atoms with Gasteiger partial charge in [-0.05, 0) is 29.3 Å². The number of Topliss-reactive ketones (excluding diaryl/α,β-unsaturated/α-hetero) is 2. The Bertz CT molecular complexity index is 2040. The molecule has 3 heterocycles. The monoisotopic (exact) mass is 772 g/mol. The summed E-state index contributed by atoms with van der Waals surface area (Å²) >= 11 is 0. The summed E-state index contributed by atoms with van der Waals surface area (Å²) in [5.41, 5.74) is -0.530. The van der Waals surface area contributed by atoms with Crippen molar-refractivity contribution in [1.82, 2.24) is 24.4 Å². The van der Waals surface area contributed by atoms with E-state index in [0.717, 1.165) is 10.4 Å². The molecule has 2 aromatic heterocycles. The van der Waals surface area contributed by atoms with E-state index in [9.17, 15) is 24.0 Å². The lowest BCUT2D eigenvalue weighted by Gasteiger charge is -2.43. The summed E-state index contributed by atoms with van der Waals surface area (Å²) in [6.07, 6.45) is -2.64. The lowest BCUT2D eigenvalue weighted by Crippen LogP contribution is -2.67. The smallest absolute Gasteiger partial charge is 0.306 e. The van der Waals surface area contributed by atoms with Gasteiger partial charge in [0.1, 0.15) is 17.7 Å². The third-order valence-electron chi connectivity index (χ3n) is 9.17. The van der Waals surface area contributed by atoms with Crippen molar-refractivity contribution >= 4 is 65.6 Å². The number of hydrogen-bond acceptors (Lipinski definition) is 12. The highest BCUT2D eigenvalue weighted by Crippen LogP contribution is 2.40. The number of H-pyrrole nitrogens is 1. The number of hydrogen-bond donors (Lipinski definition) is 1. The highest BCUT2D eigenvalue weighted by atomic mass is 28.4. The molecular weight excluding hydrogens is 725 g/mol. The molecule has 15 nitrogen and oxygen atoms in total. The number of benzene rings is 2. The third-order valence-corrected chi connectivity index (χ3v) is 14.2. The van der Waals surface area contributed by atoms with E-state index < -0.39 is 55.4 Å². The normalized spacial score (nSPS) is 18.7. The largest absolute Gasteiger partial charge is 0.455 e. The van der Waals surface area contributed by atoms with Crippen molar-refractivity contribution in [2.75, 3.05) is 20.7 Å². The number of fused-ring (bicyclic) bond motifs is 1. The van der Waals surface area contributed by atoms with E-state index in [4.69, 9.17) is 18.6 Å². The summed E-state index contributed by atoms with van der Waals surface area (Å²) in [5.74, 6) is -1.88. The van der Waals surface area contributed by atoms with Gasteiger partial charge in [0, 0.05) is 26.9 Å². The first kappa shape index (κ1) is 40.9. The molecule has 1 saturated heterocycles. The van der Waals surface area contributed by atoms with Crippen LogP contribution < -0.4 is 15.9 Å². The van der Waals surface area contributed by atoms with E-state index in [1.807, 2.05) is 60.7 Å². The van der Waals surface area contributed by atoms with Gasteiger partial charge in [-0.2, -0.15) is 4.98 Å². The van der Waals surface area contributed by atoms with Crippen LogP contribution in [0.25, 0.3) is 11.2 Å². The quantitative estimate of drug-likeness (QED) is 0.0760. The molecule has 0 aliphatic carbocycles. The average Bonchev–Trinajstić information content (AvgIpc) is 3.70. The number of carbonyl (C=O) groups excluding carboxylic acids is 4. The SMILES string of the molecule is CC(=O)CCC(=O)O[C@@H]1[C@H](OC(=O)CCC(C)=O)[C@@H](CO[Si](c2ccccc2)(c2ccccc2)C(C)(C)C)O[C@H]1n1cnc2c(=O)[nH]c(/N=C/N(C)C)nc21. The Morgan fingerprint density at radius 2 is 1.44 bits per heavy atom. The molecular formula is C39H48N6O9Si. The van der Waals surface area contributed by atoms with Crippen molar-refractivity contribution < 1.29 is 37.8 Å². The zero-order chi connectivity index (χ0) is 39.9. The van der Waals surface area contributed by atoms with E-state index in [0.29, 0.717) is 0 Å². The molecule has 1 aliphatic heterocycles. The average molecular weight is 773 g/mol. The molecule has 1 aliphatic rings. The van der Waals surface area contributed by atoms with Crippen LogP contribution in [-0.4, -0.2) is 102 Å². The molecule has 0 spiro atoms. The van der Waals surface area contributed by atoms with Gasteiger partial charge in [-0.1, -0.05) is 81.4 Å². The van der Waals surface area contributed by atoms with Gasteiger partial charge in [-0.25, -0.2) is 9.98 Å². The molecule has 4 aromatic rings. The second-order valence-electron chi connectivity index (χ2n) is 14.8. The summed E-state index contributed by atoms with van der Waals surface area (Å²) in [5, 5.41) is 1.58. The molecule has 292 valence electrons. The first-order valence-corrected chi connectivity index (χ1v) is 20.0. The molecule has 0 bridgehead atoms. The van der Waals surface area contributed by atoms with Gasteiger partial charge >= 0.3 is 11.9 Å². The van der Waals surface area contributed by atoms with Gasteiger partial charge in [0.05, 0.1) is 32.1 Å². The molecule has 5 rings (SSSR count).